The second kappa shape index (κ2) is 8.02. The van der Waals surface area contributed by atoms with Crippen molar-refractivity contribution in [1.82, 2.24) is 4.31 Å². The van der Waals surface area contributed by atoms with Crippen LogP contribution in [0.1, 0.15) is 12.8 Å². The molecule has 154 valence electrons. The number of benzene rings is 2. The maximum atomic E-state index is 12.9. The van der Waals surface area contributed by atoms with Crippen molar-refractivity contribution < 1.29 is 22.7 Å². The average Bonchev–Trinajstić information content (AvgIpc) is 3.15. The van der Waals surface area contributed by atoms with E-state index in [0.717, 1.165) is 0 Å². The Morgan fingerprint density at radius 2 is 1.69 bits per heavy atom. The predicted molar refractivity (Wildman–Crippen MR) is 109 cm³/mol. The monoisotopic (exact) mass is 456 g/mol. The van der Waals surface area contributed by atoms with Crippen LogP contribution in [-0.2, 0) is 14.8 Å². The van der Waals surface area contributed by atoms with Crippen molar-refractivity contribution in [3.8, 4) is 11.5 Å². The van der Waals surface area contributed by atoms with Crippen LogP contribution in [0.5, 0.6) is 11.5 Å². The van der Waals surface area contributed by atoms with Gasteiger partial charge in [0.1, 0.15) is 4.90 Å². The molecule has 2 aromatic rings. The first-order valence-corrected chi connectivity index (χ1v) is 11.2. The normalized spacial score (nSPS) is 17.3. The van der Waals surface area contributed by atoms with Crippen molar-refractivity contribution in [3.05, 3.63) is 46.4 Å². The van der Waals surface area contributed by atoms with Crippen LogP contribution in [-0.4, -0.2) is 38.5 Å². The number of rotatable bonds is 4. The largest absolute Gasteiger partial charge is 0.454 e. The van der Waals surface area contributed by atoms with E-state index >= 15 is 0 Å². The number of nitrogens with zero attached hydrogens (tertiary/aromatic N) is 1. The number of piperidine rings is 1. The van der Waals surface area contributed by atoms with Crippen LogP contribution in [0.25, 0.3) is 0 Å². The van der Waals surface area contributed by atoms with Crippen molar-refractivity contribution in [1.29, 1.82) is 0 Å². The Kier molecular flexibility index (Phi) is 5.61. The van der Waals surface area contributed by atoms with Crippen LogP contribution in [0.15, 0.2) is 41.3 Å². The van der Waals surface area contributed by atoms with Gasteiger partial charge in [-0.2, -0.15) is 4.31 Å². The summed E-state index contributed by atoms with van der Waals surface area (Å²) >= 11 is 12.1. The molecule has 10 heteroatoms. The van der Waals surface area contributed by atoms with Crippen LogP contribution < -0.4 is 14.8 Å². The van der Waals surface area contributed by atoms with E-state index in [1.54, 1.807) is 24.3 Å². The number of hydrogen-bond acceptors (Lipinski definition) is 5. The molecule has 0 aliphatic carbocycles. The molecule has 0 saturated carbocycles. The summed E-state index contributed by atoms with van der Waals surface area (Å²) in [6.07, 6.45) is 0.801. The van der Waals surface area contributed by atoms with Gasteiger partial charge in [-0.05, 0) is 37.1 Å². The number of carbonyl (C=O) groups is 1. The van der Waals surface area contributed by atoms with Crippen molar-refractivity contribution in [2.75, 3.05) is 25.2 Å². The van der Waals surface area contributed by atoms with Gasteiger partial charge in [0.15, 0.2) is 11.5 Å². The van der Waals surface area contributed by atoms with Gasteiger partial charge in [0, 0.05) is 30.8 Å². The molecule has 0 atom stereocenters. The van der Waals surface area contributed by atoms with E-state index in [4.69, 9.17) is 32.7 Å². The highest BCUT2D eigenvalue weighted by molar-refractivity contribution is 7.89. The molecule has 2 heterocycles. The van der Waals surface area contributed by atoms with Gasteiger partial charge >= 0.3 is 0 Å². The third-order valence-electron chi connectivity index (χ3n) is 4.98. The van der Waals surface area contributed by atoms with E-state index in [2.05, 4.69) is 5.32 Å². The smallest absolute Gasteiger partial charge is 0.246 e. The third-order valence-corrected chi connectivity index (χ3v) is 7.84. The maximum absolute atomic E-state index is 12.9. The summed E-state index contributed by atoms with van der Waals surface area (Å²) in [5, 5.41) is 3.03. The molecule has 1 amide bonds. The molecular formula is C19H18Cl2N2O5S. The van der Waals surface area contributed by atoms with Gasteiger partial charge < -0.3 is 14.8 Å². The third kappa shape index (κ3) is 4.02. The molecule has 29 heavy (non-hydrogen) atoms. The molecule has 4 rings (SSSR count). The minimum absolute atomic E-state index is 0.0835. The zero-order chi connectivity index (χ0) is 20.6. The predicted octanol–water partition coefficient (Wildman–Crippen LogP) is 3.76. The Hall–Kier alpha value is -2.00. The van der Waals surface area contributed by atoms with E-state index in [1.165, 1.54) is 16.4 Å². The summed E-state index contributed by atoms with van der Waals surface area (Å²) in [5.41, 5.74) is 0.608. The fraction of sp³-hybridized carbons (Fsp3) is 0.316. The summed E-state index contributed by atoms with van der Waals surface area (Å²) in [7, 11) is -3.83. The van der Waals surface area contributed by atoms with Gasteiger partial charge in [-0.25, -0.2) is 8.42 Å². The Morgan fingerprint density at radius 1 is 1.03 bits per heavy atom. The highest BCUT2D eigenvalue weighted by Gasteiger charge is 2.34. The number of sulfonamides is 1. The van der Waals surface area contributed by atoms with Gasteiger partial charge in [0.25, 0.3) is 0 Å². The molecule has 7 nitrogen and oxygen atoms in total. The Labute approximate surface area is 178 Å². The van der Waals surface area contributed by atoms with Crippen LogP contribution in [0, 0.1) is 5.92 Å². The number of anilines is 1. The van der Waals surface area contributed by atoms with Crippen molar-refractivity contribution >= 4 is 44.8 Å². The number of nitrogens with one attached hydrogen (secondary N) is 1. The number of amides is 1. The first kappa shape index (κ1) is 20.3. The van der Waals surface area contributed by atoms with Crippen molar-refractivity contribution in [2.24, 2.45) is 5.92 Å². The van der Waals surface area contributed by atoms with Crippen LogP contribution in [0.4, 0.5) is 5.69 Å². The molecule has 0 spiro atoms. The highest BCUT2D eigenvalue weighted by Crippen LogP contribution is 2.35. The van der Waals surface area contributed by atoms with Crippen LogP contribution >= 0.6 is 23.2 Å². The number of halogens is 2. The van der Waals surface area contributed by atoms with Crippen LogP contribution in [0.3, 0.4) is 0 Å². The van der Waals surface area contributed by atoms with Gasteiger partial charge in [-0.15, -0.1) is 0 Å². The standard InChI is InChI=1S/C19H18Cl2N2O5S/c20-14-2-1-3-15(21)18(14)29(25,26)23-8-6-12(7-9-23)19(24)22-13-4-5-16-17(10-13)28-11-27-16/h1-5,10,12H,6-9,11H2,(H,22,24). The zero-order valence-corrected chi connectivity index (χ0v) is 17.6. The summed E-state index contributed by atoms with van der Waals surface area (Å²) in [5.74, 6) is 0.769. The van der Waals surface area contributed by atoms with Gasteiger partial charge in [0.05, 0.1) is 10.0 Å². The fourth-order valence-corrected chi connectivity index (χ4v) is 6.00. The molecular weight excluding hydrogens is 439 g/mol. The first-order valence-electron chi connectivity index (χ1n) is 9.01. The van der Waals surface area contributed by atoms with Crippen LogP contribution in [0.2, 0.25) is 10.0 Å². The average molecular weight is 457 g/mol. The number of carbonyl (C=O) groups excluding carboxylic acids is 1. The quantitative estimate of drug-likeness (QED) is 0.756. The van der Waals surface area contributed by atoms with E-state index in [-0.39, 0.29) is 46.6 Å². The SMILES string of the molecule is O=C(Nc1ccc2c(c1)OCO2)C1CCN(S(=O)(=O)c2c(Cl)cccc2Cl)CC1. The molecule has 1 saturated heterocycles. The van der Waals surface area contributed by atoms with E-state index in [1.807, 2.05) is 0 Å². The molecule has 0 bridgehead atoms. The van der Waals surface area contributed by atoms with Crippen molar-refractivity contribution in [3.63, 3.8) is 0 Å². The minimum Gasteiger partial charge on any atom is -0.454 e. The first-order chi connectivity index (χ1) is 13.9. The van der Waals surface area contributed by atoms with Gasteiger partial charge in [0.2, 0.25) is 22.7 Å². The second-order valence-corrected chi connectivity index (χ2v) is 9.48. The summed E-state index contributed by atoms with van der Waals surface area (Å²) in [6.45, 7) is 0.585. The number of hydrogen-bond donors (Lipinski definition) is 1. The number of fused-ring (bicyclic) bond motifs is 1. The molecule has 2 aromatic carbocycles. The van der Waals surface area contributed by atoms with Gasteiger partial charge in [-0.1, -0.05) is 29.3 Å². The molecule has 1 fully saturated rings. The Bertz CT molecular complexity index is 1030. The molecule has 0 unspecified atom stereocenters. The van der Waals surface area contributed by atoms with E-state index < -0.39 is 10.0 Å². The van der Waals surface area contributed by atoms with E-state index in [0.29, 0.717) is 30.0 Å². The van der Waals surface area contributed by atoms with Crippen molar-refractivity contribution in [2.45, 2.75) is 17.7 Å². The maximum Gasteiger partial charge on any atom is 0.246 e. The Balaban J connectivity index is 1.41. The molecule has 0 radical (unpaired) electrons. The topological polar surface area (TPSA) is 84.9 Å². The molecule has 1 N–H and O–H groups in total. The molecule has 2 aliphatic heterocycles. The summed E-state index contributed by atoms with van der Waals surface area (Å²) in [4.78, 5) is 12.5. The lowest BCUT2D eigenvalue weighted by Crippen LogP contribution is -2.41. The zero-order valence-electron chi connectivity index (χ0n) is 15.2. The minimum atomic E-state index is -3.83. The second-order valence-electron chi connectivity index (χ2n) is 6.79. The van der Waals surface area contributed by atoms with Gasteiger partial charge in [-0.3, -0.25) is 4.79 Å². The lowest BCUT2D eigenvalue weighted by molar-refractivity contribution is -0.120. The molecule has 0 aromatic heterocycles. The lowest BCUT2D eigenvalue weighted by atomic mass is 9.97. The fourth-order valence-electron chi connectivity index (χ4n) is 3.44. The summed E-state index contributed by atoms with van der Waals surface area (Å²) in [6, 6.07) is 9.76. The summed E-state index contributed by atoms with van der Waals surface area (Å²) < 4.78 is 37.8. The van der Waals surface area contributed by atoms with E-state index in [9.17, 15) is 13.2 Å². The lowest BCUT2D eigenvalue weighted by Gasteiger charge is -2.31. The highest BCUT2D eigenvalue weighted by atomic mass is 35.5. The Morgan fingerprint density at radius 3 is 2.38 bits per heavy atom. The number of ether oxygens (including phenoxy) is 2. The molecule has 2 aliphatic rings.